The van der Waals surface area contributed by atoms with E-state index in [0.717, 1.165) is 12.8 Å². The van der Waals surface area contributed by atoms with E-state index in [9.17, 15) is 9.59 Å². The van der Waals surface area contributed by atoms with E-state index < -0.39 is 0 Å². The van der Waals surface area contributed by atoms with Crippen molar-refractivity contribution in [2.24, 2.45) is 5.92 Å². The highest BCUT2D eigenvalue weighted by Crippen LogP contribution is 2.26. The van der Waals surface area contributed by atoms with Gasteiger partial charge in [0.15, 0.2) is 0 Å². The molecule has 1 aromatic rings. The smallest absolute Gasteiger partial charge is 0.271 e. The predicted molar refractivity (Wildman–Crippen MR) is 68.4 cm³/mol. The third-order valence-corrected chi connectivity index (χ3v) is 3.61. The summed E-state index contributed by atoms with van der Waals surface area (Å²) in [5.74, 6) is 0.514. The molecule has 0 spiro atoms. The Hall–Kier alpha value is -1.65. The van der Waals surface area contributed by atoms with Crippen LogP contribution >= 0.6 is 0 Å². The summed E-state index contributed by atoms with van der Waals surface area (Å²) in [6, 6.07) is 3.01. The molecule has 2 N–H and O–H groups in total. The number of nitrogens with one attached hydrogen (secondary N) is 2. The van der Waals surface area contributed by atoms with Gasteiger partial charge in [-0.1, -0.05) is 26.2 Å². The van der Waals surface area contributed by atoms with Crippen molar-refractivity contribution in [1.29, 1.82) is 0 Å². The molecule has 1 fully saturated rings. The second kappa shape index (κ2) is 5.80. The predicted octanol–water partition coefficient (Wildman–Crippen LogP) is 1.47. The third kappa shape index (κ3) is 3.18. The van der Waals surface area contributed by atoms with Gasteiger partial charge >= 0.3 is 0 Å². The maximum Gasteiger partial charge on any atom is 0.271 e. The van der Waals surface area contributed by atoms with Crippen molar-refractivity contribution >= 4 is 5.91 Å². The van der Waals surface area contributed by atoms with E-state index in [1.54, 1.807) is 0 Å². The van der Waals surface area contributed by atoms with Gasteiger partial charge < -0.3 is 5.32 Å². The lowest BCUT2D eigenvalue weighted by Gasteiger charge is -2.28. The summed E-state index contributed by atoms with van der Waals surface area (Å²) in [4.78, 5) is 22.8. The van der Waals surface area contributed by atoms with E-state index in [4.69, 9.17) is 0 Å². The number of aromatic amines is 1. The van der Waals surface area contributed by atoms with Crippen LogP contribution in [0.25, 0.3) is 0 Å². The van der Waals surface area contributed by atoms with Gasteiger partial charge in [-0.2, -0.15) is 5.10 Å². The summed E-state index contributed by atoms with van der Waals surface area (Å²) in [5, 5.41) is 9.00. The molecule has 0 aromatic carbocycles. The van der Waals surface area contributed by atoms with Crippen molar-refractivity contribution in [1.82, 2.24) is 15.5 Å². The molecule has 1 aromatic heterocycles. The van der Waals surface area contributed by atoms with Crippen LogP contribution in [-0.4, -0.2) is 22.1 Å². The van der Waals surface area contributed by atoms with Crippen molar-refractivity contribution in [2.45, 2.75) is 45.1 Å². The third-order valence-electron chi connectivity index (χ3n) is 3.61. The quantitative estimate of drug-likeness (QED) is 0.851. The van der Waals surface area contributed by atoms with Crippen molar-refractivity contribution < 1.29 is 4.79 Å². The number of carbonyl (C=O) groups is 1. The summed E-state index contributed by atoms with van der Waals surface area (Å²) in [6.45, 7) is 2.19. The highest BCUT2D eigenvalue weighted by molar-refractivity contribution is 5.92. The largest absolute Gasteiger partial charge is 0.348 e. The Labute approximate surface area is 106 Å². The molecule has 18 heavy (non-hydrogen) atoms. The van der Waals surface area contributed by atoms with Gasteiger partial charge in [-0.15, -0.1) is 0 Å². The lowest BCUT2D eigenvalue weighted by Crippen LogP contribution is -2.39. The Bertz CT molecular complexity index is 449. The standard InChI is InChI=1S/C13H19N3O2/c1-2-9-4-3-5-10(8-9)14-13(18)11-6-7-12(17)16-15-11/h6-7,9-10H,2-5,8H2,1H3,(H,14,18)(H,16,17). The molecular weight excluding hydrogens is 230 g/mol. The summed E-state index contributed by atoms with van der Waals surface area (Å²) in [7, 11) is 0. The fourth-order valence-corrected chi connectivity index (χ4v) is 2.52. The fraction of sp³-hybridized carbons (Fsp3) is 0.615. The molecule has 2 atom stereocenters. The van der Waals surface area contributed by atoms with Crippen LogP contribution in [0.5, 0.6) is 0 Å². The second-order valence-electron chi connectivity index (χ2n) is 4.92. The van der Waals surface area contributed by atoms with E-state index in [1.165, 1.54) is 31.4 Å². The molecule has 1 aliphatic rings. The van der Waals surface area contributed by atoms with Crippen LogP contribution in [0.1, 0.15) is 49.5 Å². The number of rotatable bonds is 3. The minimum atomic E-state index is -0.296. The molecule has 1 saturated carbocycles. The molecule has 2 rings (SSSR count). The van der Waals surface area contributed by atoms with Crippen molar-refractivity contribution in [3.63, 3.8) is 0 Å². The molecule has 98 valence electrons. The zero-order valence-corrected chi connectivity index (χ0v) is 10.6. The molecule has 1 amide bonds. The zero-order valence-electron chi connectivity index (χ0n) is 10.6. The summed E-state index contributed by atoms with van der Waals surface area (Å²) >= 11 is 0. The Morgan fingerprint density at radius 3 is 3.00 bits per heavy atom. The number of amides is 1. The molecule has 0 saturated heterocycles. The molecular formula is C13H19N3O2. The minimum Gasteiger partial charge on any atom is -0.348 e. The number of hydrogen-bond donors (Lipinski definition) is 2. The number of aromatic nitrogens is 2. The Morgan fingerprint density at radius 1 is 1.50 bits per heavy atom. The molecule has 5 heteroatoms. The average Bonchev–Trinajstić information content (AvgIpc) is 2.39. The van der Waals surface area contributed by atoms with E-state index in [1.807, 2.05) is 0 Å². The molecule has 5 nitrogen and oxygen atoms in total. The van der Waals surface area contributed by atoms with Crippen LogP contribution in [0.15, 0.2) is 16.9 Å². The number of hydrogen-bond acceptors (Lipinski definition) is 3. The van der Waals surface area contributed by atoms with Gasteiger partial charge in [0.1, 0.15) is 5.69 Å². The summed E-state index contributed by atoms with van der Waals surface area (Å²) in [5.41, 5.74) is -0.0246. The van der Waals surface area contributed by atoms with Crippen molar-refractivity contribution in [3.8, 4) is 0 Å². The van der Waals surface area contributed by atoms with Gasteiger partial charge in [-0.25, -0.2) is 5.10 Å². The van der Waals surface area contributed by atoms with E-state index in [2.05, 4.69) is 22.4 Å². The van der Waals surface area contributed by atoms with Crippen molar-refractivity contribution in [3.05, 3.63) is 28.2 Å². The van der Waals surface area contributed by atoms with E-state index in [0.29, 0.717) is 5.92 Å². The molecule has 2 unspecified atom stereocenters. The first kappa shape index (κ1) is 12.8. The number of carbonyl (C=O) groups excluding carboxylic acids is 1. The van der Waals surface area contributed by atoms with Gasteiger partial charge in [-0.05, 0) is 24.8 Å². The molecule has 1 heterocycles. The van der Waals surface area contributed by atoms with Gasteiger partial charge in [0, 0.05) is 12.1 Å². The SMILES string of the molecule is CCC1CCCC(NC(=O)c2ccc(=O)[nH]n2)C1. The first-order valence-electron chi connectivity index (χ1n) is 6.55. The molecule has 1 aliphatic carbocycles. The van der Waals surface area contributed by atoms with Crippen LogP contribution in [-0.2, 0) is 0 Å². The number of nitrogens with zero attached hydrogens (tertiary/aromatic N) is 1. The number of H-pyrrole nitrogens is 1. The van der Waals surface area contributed by atoms with Crippen LogP contribution in [0, 0.1) is 5.92 Å². The normalized spacial score (nSPS) is 23.6. The first-order valence-corrected chi connectivity index (χ1v) is 6.55. The van der Waals surface area contributed by atoms with Gasteiger partial charge in [0.05, 0.1) is 0 Å². The lowest BCUT2D eigenvalue weighted by molar-refractivity contribution is 0.0913. The molecule has 0 aliphatic heterocycles. The van der Waals surface area contributed by atoms with Crippen LogP contribution in [0.4, 0.5) is 0 Å². The lowest BCUT2D eigenvalue weighted by atomic mass is 9.84. The fourth-order valence-electron chi connectivity index (χ4n) is 2.52. The Balaban J connectivity index is 1.94. The highest BCUT2D eigenvalue weighted by Gasteiger charge is 2.22. The molecule has 0 bridgehead atoms. The molecule has 0 radical (unpaired) electrons. The topological polar surface area (TPSA) is 74.8 Å². The summed E-state index contributed by atoms with van der Waals surface area (Å²) < 4.78 is 0. The first-order chi connectivity index (χ1) is 8.69. The second-order valence-corrected chi connectivity index (χ2v) is 4.92. The maximum absolute atomic E-state index is 11.9. The van der Waals surface area contributed by atoms with Crippen molar-refractivity contribution in [2.75, 3.05) is 0 Å². The van der Waals surface area contributed by atoms with Gasteiger partial charge in [0.2, 0.25) is 0 Å². The van der Waals surface area contributed by atoms with Gasteiger partial charge in [-0.3, -0.25) is 9.59 Å². The van der Waals surface area contributed by atoms with E-state index >= 15 is 0 Å². The van der Waals surface area contributed by atoms with E-state index in [-0.39, 0.29) is 23.2 Å². The van der Waals surface area contributed by atoms with Crippen LogP contribution in [0.3, 0.4) is 0 Å². The summed E-state index contributed by atoms with van der Waals surface area (Å²) in [6.07, 6.45) is 5.68. The Morgan fingerprint density at radius 2 is 2.33 bits per heavy atom. The zero-order chi connectivity index (χ0) is 13.0. The average molecular weight is 249 g/mol. The van der Waals surface area contributed by atoms with Crippen LogP contribution < -0.4 is 10.9 Å². The monoisotopic (exact) mass is 249 g/mol. The van der Waals surface area contributed by atoms with Crippen LogP contribution in [0.2, 0.25) is 0 Å². The van der Waals surface area contributed by atoms with Gasteiger partial charge in [0.25, 0.3) is 11.5 Å². The Kier molecular flexibility index (Phi) is 4.12. The highest BCUT2D eigenvalue weighted by atomic mass is 16.2. The minimum absolute atomic E-state index is 0.201. The maximum atomic E-state index is 11.9.